The van der Waals surface area contributed by atoms with Gasteiger partial charge in [0.2, 0.25) is 0 Å². The standard InChI is InChI=1S/C15H23N3O3/c1-10(15(20)21)8-16-14(19)12-9-18(2)17-13(12)11-6-4-3-5-7-11/h9-11H,3-8H2,1-2H3,(H,16,19)(H,20,21). The normalized spacial score (nSPS) is 17.4. The first kappa shape index (κ1) is 15.5. The third-order valence-corrected chi connectivity index (χ3v) is 4.08. The van der Waals surface area contributed by atoms with Crippen LogP contribution >= 0.6 is 0 Å². The summed E-state index contributed by atoms with van der Waals surface area (Å²) >= 11 is 0. The fourth-order valence-corrected chi connectivity index (χ4v) is 2.79. The second-order valence-electron chi connectivity index (χ2n) is 5.89. The quantitative estimate of drug-likeness (QED) is 0.868. The van der Waals surface area contributed by atoms with Crippen molar-refractivity contribution >= 4 is 11.9 Å². The van der Waals surface area contributed by atoms with Crippen LogP contribution in [0, 0.1) is 5.92 Å². The van der Waals surface area contributed by atoms with Crippen LogP contribution in [0.2, 0.25) is 0 Å². The molecule has 0 saturated heterocycles. The van der Waals surface area contributed by atoms with Gasteiger partial charge < -0.3 is 10.4 Å². The first-order valence-corrected chi connectivity index (χ1v) is 7.53. The van der Waals surface area contributed by atoms with Crippen molar-refractivity contribution in [2.24, 2.45) is 13.0 Å². The van der Waals surface area contributed by atoms with E-state index < -0.39 is 11.9 Å². The minimum Gasteiger partial charge on any atom is -0.481 e. The van der Waals surface area contributed by atoms with Gasteiger partial charge in [-0.3, -0.25) is 14.3 Å². The highest BCUT2D eigenvalue weighted by molar-refractivity contribution is 5.95. The van der Waals surface area contributed by atoms with E-state index in [1.807, 2.05) is 7.05 Å². The Morgan fingerprint density at radius 3 is 2.71 bits per heavy atom. The van der Waals surface area contributed by atoms with Crippen molar-refractivity contribution in [3.8, 4) is 0 Å². The molecule has 1 unspecified atom stereocenters. The Labute approximate surface area is 124 Å². The van der Waals surface area contributed by atoms with E-state index in [0.29, 0.717) is 11.5 Å². The number of carbonyl (C=O) groups excluding carboxylic acids is 1. The lowest BCUT2D eigenvalue weighted by atomic mass is 9.85. The predicted molar refractivity (Wildman–Crippen MR) is 78.2 cm³/mol. The summed E-state index contributed by atoms with van der Waals surface area (Å²) < 4.78 is 1.67. The summed E-state index contributed by atoms with van der Waals surface area (Å²) in [7, 11) is 1.81. The molecular weight excluding hydrogens is 270 g/mol. The maximum Gasteiger partial charge on any atom is 0.308 e. The van der Waals surface area contributed by atoms with Gasteiger partial charge in [-0.2, -0.15) is 5.10 Å². The third kappa shape index (κ3) is 3.83. The largest absolute Gasteiger partial charge is 0.481 e. The number of hydrogen-bond donors (Lipinski definition) is 2. The molecular formula is C15H23N3O3. The molecule has 6 heteroatoms. The van der Waals surface area contributed by atoms with Crippen molar-refractivity contribution in [3.05, 3.63) is 17.5 Å². The van der Waals surface area contributed by atoms with Gasteiger partial charge in [-0.05, 0) is 12.8 Å². The van der Waals surface area contributed by atoms with Gasteiger partial charge in [-0.15, -0.1) is 0 Å². The molecule has 0 aromatic carbocycles. The first-order valence-electron chi connectivity index (χ1n) is 7.53. The lowest BCUT2D eigenvalue weighted by Gasteiger charge is -2.20. The number of aromatic nitrogens is 2. The summed E-state index contributed by atoms with van der Waals surface area (Å²) in [6.07, 6.45) is 7.48. The summed E-state index contributed by atoms with van der Waals surface area (Å²) in [6, 6.07) is 0. The molecule has 1 fully saturated rings. The van der Waals surface area contributed by atoms with Gasteiger partial charge >= 0.3 is 5.97 Å². The minimum atomic E-state index is -0.908. The number of aryl methyl sites for hydroxylation is 1. The molecule has 0 aliphatic heterocycles. The molecule has 1 aliphatic rings. The highest BCUT2D eigenvalue weighted by atomic mass is 16.4. The smallest absolute Gasteiger partial charge is 0.308 e. The summed E-state index contributed by atoms with van der Waals surface area (Å²) in [5, 5.41) is 16.0. The van der Waals surface area contributed by atoms with Gasteiger partial charge in [0.05, 0.1) is 17.2 Å². The van der Waals surface area contributed by atoms with E-state index in [4.69, 9.17) is 5.11 Å². The van der Waals surface area contributed by atoms with Crippen LogP contribution in [0.1, 0.15) is 61.0 Å². The number of carboxylic acid groups (broad SMARTS) is 1. The van der Waals surface area contributed by atoms with Gasteiger partial charge in [0, 0.05) is 25.7 Å². The molecule has 2 rings (SSSR count). The molecule has 1 atom stereocenters. The zero-order chi connectivity index (χ0) is 15.4. The Morgan fingerprint density at radius 2 is 2.10 bits per heavy atom. The number of rotatable bonds is 5. The van der Waals surface area contributed by atoms with Crippen LogP contribution in [0.5, 0.6) is 0 Å². The van der Waals surface area contributed by atoms with Crippen LogP contribution in [0.4, 0.5) is 0 Å². The van der Waals surface area contributed by atoms with E-state index in [9.17, 15) is 9.59 Å². The number of carbonyl (C=O) groups is 2. The highest BCUT2D eigenvalue weighted by Gasteiger charge is 2.25. The molecule has 1 aromatic heterocycles. The van der Waals surface area contributed by atoms with Gasteiger partial charge in [0.25, 0.3) is 5.91 Å². The molecule has 1 aliphatic carbocycles. The minimum absolute atomic E-state index is 0.132. The summed E-state index contributed by atoms with van der Waals surface area (Å²) in [5.74, 6) is -1.38. The highest BCUT2D eigenvalue weighted by Crippen LogP contribution is 2.33. The number of hydrogen-bond acceptors (Lipinski definition) is 3. The fourth-order valence-electron chi connectivity index (χ4n) is 2.79. The molecule has 1 aromatic rings. The summed E-state index contributed by atoms with van der Waals surface area (Å²) in [4.78, 5) is 23.1. The fraction of sp³-hybridized carbons (Fsp3) is 0.667. The van der Waals surface area contributed by atoms with Gasteiger partial charge in [0.1, 0.15) is 0 Å². The molecule has 1 heterocycles. The summed E-state index contributed by atoms with van der Waals surface area (Å²) in [5.41, 5.74) is 1.44. The number of amides is 1. The van der Waals surface area contributed by atoms with Crippen molar-refractivity contribution in [1.82, 2.24) is 15.1 Å². The zero-order valence-corrected chi connectivity index (χ0v) is 12.6. The molecule has 2 N–H and O–H groups in total. The second kappa shape index (κ2) is 6.74. The monoisotopic (exact) mass is 293 g/mol. The second-order valence-corrected chi connectivity index (χ2v) is 5.89. The molecule has 0 radical (unpaired) electrons. The zero-order valence-electron chi connectivity index (χ0n) is 12.6. The SMILES string of the molecule is CC(CNC(=O)c1cn(C)nc1C1CCCCC1)C(=O)O. The Morgan fingerprint density at radius 1 is 1.43 bits per heavy atom. The maximum absolute atomic E-state index is 12.3. The van der Waals surface area contributed by atoms with E-state index in [2.05, 4.69) is 10.4 Å². The molecule has 1 amide bonds. The average molecular weight is 293 g/mol. The van der Waals surface area contributed by atoms with Gasteiger partial charge in [-0.1, -0.05) is 26.2 Å². The molecule has 1 saturated carbocycles. The van der Waals surface area contributed by atoms with Crippen molar-refractivity contribution < 1.29 is 14.7 Å². The van der Waals surface area contributed by atoms with E-state index in [0.717, 1.165) is 18.5 Å². The Hall–Kier alpha value is -1.85. The van der Waals surface area contributed by atoms with E-state index in [1.165, 1.54) is 19.3 Å². The first-order chi connectivity index (χ1) is 9.99. The molecule has 0 spiro atoms. The number of aliphatic carboxylic acids is 1. The average Bonchev–Trinajstić information content (AvgIpc) is 2.87. The van der Waals surface area contributed by atoms with Crippen molar-refractivity contribution in [1.29, 1.82) is 0 Å². The van der Waals surface area contributed by atoms with Crippen molar-refractivity contribution in [3.63, 3.8) is 0 Å². The van der Waals surface area contributed by atoms with Crippen molar-refractivity contribution in [2.45, 2.75) is 44.9 Å². The van der Waals surface area contributed by atoms with Crippen LogP contribution in [0.15, 0.2) is 6.20 Å². The van der Waals surface area contributed by atoms with Crippen LogP contribution in [-0.4, -0.2) is 33.3 Å². The lowest BCUT2D eigenvalue weighted by molar-refractivity contribution is -0.140. The summed E-state index contributed by atoms with van der Waals surface area (Å²) in [6.45, 7) is 1.71. The topological polar surface area (TPSA) is 84.2 Å². The third-order valence-electron chi connectivity index (χ3n) is 4.08. The lowest BCUT2D eigenvalue weighted by Crippen LogP contribution is -2.32. The molecule has 6 nitrogen and oxygen atoms in total. The number of carboxylic acids is 1. The molecule has 116 valence electrons. The maximum atomic E-state index is 12.3. The van der Waals surface area contributed by atoms with Gasteiger partial charge in [0.15, 0.2) is 0 Å². The number of nitrogens with zero attached hydrogens (tertiary/aromatic N) is 2. The molecule has 0 bridgehead atoms. The van der Waals surface area contributed by atoms with E-state index in [-0.39, 0.29) is 12.5 Å². The Kier molecular flexibility index (Phi) is 4.98. The van der Waals surface area contributed by atoms with E-state index >= 15 is 0 Å². The number of nitrogens with one attached hydrogen (secondary N) is 1. The van der Waals surface area contributed by atoms with Crippen LogP contribution < -0.4 is 5.32 Å². The van der Waals surface area contributed by atoms with Gasteiger partial charge in [-0.25, -0.2) is 0 Å². The van der Waals surface area contributed by atoms with Crippen LogP contribution in [0.3, 0.4) is 0 Å². The molecule has 21 heavy (non-hydrogen) atoms. The Bertz CT molecular complexity index is 518. The predicted octanol–water partition coefficient (Wildman–Crippen LogP) is 1.92. The van der Waals surface area contributed by atoms with Crippen LogP contribution in [-0.2, 0) is 11.8 Å². The Balaban J connectivity index is 2.08. The van der Waals surface area contributed by atoms with Crippen molar-refractivity contribution in [2.75, 3.05) is 6.54 Å². The van der Waals surface area contributed by atoms with E-state index in [1.54, 1.807) is 17.8 Å². The van der Waals surface area contributed by atoms with Crippen LogP contribution in [0.25, 0.3) is 0 Å².